The van der Waals surface area contributed by atoms with E-state index >= 15 is 4.79 Å². The van der Waals surface area contributed by atoms with Crippen molar-refractivity contribution in [1.82, 2.24) is 9.91 Å². The number of hydrazine groups is 1. The molecule has 270 valence electrons. The number of nitrogens with one attached hydrogen (secondary N) is 1. The molecule has 2 aliphatic carbocycles. The number of anilines is 1. The van der Waals surface area contributed by atoms with Gasteiger partial charge in [-0.2, -0.15) is 5.01 Å². The van der Waals surface area contributed by atoms with Crippen molar-refractivity contribution in [2.24, 2.45) is 23.7 Å². The summed E-state index contributed by atoms with van der Waals surface area (Å²) in [5.41, 5.74) is 6.59. The van der Waals surface area contributed by atoms with Crippen LogP contribution in [0.4, 0.5) is 5.69 Å². The number of fused-ring (bicyclic) bond motifs is 5. The summed E-state index contributed by atoms with van der Waals surface area (Å²) in [6, 6.07) is 34.7. The Labute approximate surface area is 312 Å². The van der Waals surface area contributed by atoms with E-state index < -0.39 is 40.9 Å². The van der Waals surface area contributed by atoms with Gasteiger partial charge in [-0.25, -0.2) is 0 Å². The Kier molecular flexibility index (Phi) is 7.92. The SMILES string of the molecule is Cc1ccc(NN2C(=O)C3CC4C(=CCC5C(=O)N(CCc6ccc(O)cc6)C(=O)C54)C(c4ccc(O)c5ccccc45)C3(c3ccccc3)C2=O)cc1. The zero-order valence-corrected chi connectivity index (χ0v) is 29.7. The van der Waals surface area contributed by atoms with E-state index in [9.17, 15) is 24.6 Å². The van der Waals surface area contributed by atoms with Gasteiger partial charge in [-0.15, -0.1) is 0 Å². The minimum Gasteiger partial charge on any atom is -0.508 e. The zero-order chi connectivity index (χ0) is 37.3. The lowest BCUT2D eigenvalue weighted by Crippen LogP contribution is -2.53. The van der Waals surface area contributed by atoms with Crippen LogP contribution in [0.3, 0.4) is 0 Å². The fourth-order valence-corrected chi connectivity index (χ4v) is 9.84. The van der Waals surface area contributed by atoms with Gasteiger partial charge < -0.3 is 10.2 Å². The van der Waals surface area contributed by atoms with Crippen LogP contribution < -0.4 is 5.43 Å². The second-order valence-electron chi connectivity index (χ2n) is 15.1. The molecule has 6 unspecified atom stereocenters. The average molecular weight is 718 g/mol. The molecule has 5 aromatic carbocycles. The van der Waals surface area contributed by atoms with Gasteiger partial charge in [-0.1, -0.05) is 102 Å². The molecule has 6 atom stereocenters. The minimum absolute atomic E-state index is 0.0991. The van der Waals surface area contributed by atoms with E-state index in [0.29, 0.717) is 29.5 Å². The van der Waals surface area contributed by atoms with Crippen LogP contribution in [0.5, 0.6) is 11.5 Å². The standard InChI is InChI=1S/C45H39N3O6/c1-26-11-15-29(16-12-26)46-48-42(52)37-25-36-34(19-20-35-39(36)43(53)47(41(35)51)24-23-27-13-17-30(49)18-14-27)40(45(37,44(48)54)28-7-3-2-4-8-28)33-21-22-38(50)32-10-6-5-9-31(32)33/h2-19,21-22,35-37,39-40,46,49-50H,20,23-25H2,1H3. The molecule has 5 aromatic rings. The van der Waals surface area contributed by atoms with E-state index in [1.165, 1.54) is 9.91 Å². The molecule has 0 bridgehead atoms. The van der Waals surface area contributed by atoms with Crippen molar-refractivity contribution in [2.45, 2.75) is 37.5 Å². The van der Waals surface area contributed by atoms with Gasteiger partial charge in [0.25, 0.3) is 11.8 Å². The number of likely N-dealkylation sites (tertiary alicyclic amines) is 1. The maximum atomic E-state index is 15.5. The summed E-state index contributed by atoms with van der Waals surface area (Å²) in [5.74, 6) is -4.37. The first-order valence-corrected chi connectivity index (χ1v) is 18.5. The molecule has 3 N–H and O–H groups in total. The molecular weight excluding hydrogens is 679 g/mol. The minimum atomic E-state index is -1.41. The molecule has 54 heavy (non-hydrogen) atoms. The highest BCUT2D eigenvalue weighted by Crippen LogP contribution is 2.64. The van der Waals surface area contributed by atoms with Crippen molar-refractivity contribution in [2.75, 3.05) is 12.0 Å². The van der Waals surface area contributed by atoms with E-state index in [4.69, 9.17) is 0 Å². The third-order valence-electron chi connectivity index (χ3n) is 12.3. The normalized spacial score (nSPS) is 26.1. The number of hydrogen-bond acceptors (Lipinski definition) is 7. The molecule has 2 heterocycles. The van der Waals surface area contributed by atoms with Gasteiger partial charge in [0, 0.05) is 17.8 Å². The number of rotatable bonds is 7. The maximum absolute atomic E-state index is 15.5. The molecule has 9 nitrogen and oxygen atoms in total. The lowest BCUT2D eigenvalue weighted by Gasteiger charge is -2.51. The molecule has 2 aliphatic heterocycles. The highest BCUT2D eigenvalue weighted by Gasteiger charge is 2.70. The van der Waals surface area contributed by atoms with Gasteiger partial charge in [0.15, 0.2) is 0 Å². The smallest absolute Gasteiger partial charge is 0.260 e. The molecule has 9 rings (SSSR count). The van der Waals surface area contributed by atoms with Crippen LogP contribution in [0.15, 0.2) is 127 Å². The summed E-state index contributed by atoms with van der Waals surface area (Å²) in [7, 11) is 0. The third-order valence-corrected chi connectivity index (χ3v) is 12.3. The van der Waals surface area contributed by atoms with E-state index in [1.54, 1.807) is 30.3 Å². The Morgan fingerprint density at radius 1 is 0.741 bits per heavy atom. The molecule has 4 amide bonds. The summed E-state index contributed by atoms with van der Waals surface area (Å²) in [6.45, 7) is 2.17. The number of aryl methyl sites for hydroxylation is 1. The van der Waals surface area contributed by atoms with Gasteiger partial charge in [0.1, 0.15) is 11.5 Å². The van der Waals surface area contributed by atoms with Crippen LogP contribution >= 0.6 is 0 Å². The monoisotopic (exact) mass is 717 g/mol. The second-order valence-corrected chi connectivity index (χ2v) is 15.1. The topological polar surface area (TPSA) is 127 Å². The summed E-state index contributed by atoms with van der Waals surface area (Å²) < 4.78 is 0. The highest BCUT2D eigenvalue weighted by molar-refractivity contribution is 6.13. The van der Waals surface area contributed by atoms with Gasteiger partial charge >= 0.3 is 0 Å². The van der Waals surface area contributed by atoms with Crippen LogP contribution in [0.1, 0.15) is 41.0 Å². The summed E-state index contributed by atoms with van der Waals surface area (Å²) in [5, 5.41) is 23.3. The number of allylic oxidation sites excluding steroid dienone is 2. The van der Waals surface area contributed by atoms with Gasteiger partial charge in [-0.05, 0) is 84.5 Å². The lowest BCUT2D eigenvalue weighted by atomic mass is 9.49. The first kappa shape index (κ1) is 33.6. The Balaban J connectivity index is 1.21. The number of aromatic hydroxyl groups is 2. The molecule has 9 heteroatoms. The first-order valence-electron chi connectivity index (χ1n) is 18.5. The number of nitrogens with zero attached hydrogens (tertiary/aromatic N) is 2. The zero-order valence-electron chi connectivity index (χ0n) is 29.7. The second kappa shape index (κ2) is 12.7. The van der Waals surface area contributed by atoms with Crippen molar-refractivity contribution < 1.29 is 29.4 Å². The number of amides is 4. The number of benzene rings is 5. The molecular formula is C45H39N3O6. The number of carbonyl (C=O) groups excluding carboxylic acids is 4. The van der Waals surface area contributed by atoms with Gasteiger partial charge in [-0.3, -0.25) is 29.5 Å². The van der Waals surface area contributed by atoms with Gasteiger partial charge in [0.05, 0.1) is 28.9 Å². The molecule has 1 saturated carbocycles. The molecule has 2 saturated heterocycles. The molecule has 0 aromatic heterocycles. The average Bonchev–Trinajstić information content (AvgIpc) is 3.56. The maximum Gasteiger partial charge on any atom is 0.260 e. The van der Waals surface area contributed by atoms with Crippen molar-refractivity contribution >= 4 is 40.1 Å². The number of carbonyl (C=O) groups is 4. The van der Waals surface area contributed by atoms with Crippen LogP contribution in [0.25, 0.3) is 10.8 Å². The van der Waals surface area contributed by atoms with Crippen molar-refractivity contribution in [1.29, 1.82) is 0 Å². The Bertz CT molecular complexity index is 2370. The lowest BCUT2D eigenvalue weighted by molar-refractivity contribution is -0.141. The Hall–Kier alpha value is -6.22. The molecule has 0 radical (unpaired) electrons. The van der Waals surface area contributed by atoms with E-state index in [0.717, 1.165) is 27.6 Å². The van der Waals surface area contributed by atoms with Crippen LogP contribution in [0.2, 0.25) is 0 Å². The molecule has 4 aliphatic rings. The highest BCUT2D eigenvalue weighted by atomic mass is 16.3. The number of hydrogen-bond donors (Lipinski definition) is 3. The summed E-state index contributed by atoms with van der Waals surface area (Å²) in [4.78, 5) is 60.4. The fourth-order valence-electron chi connectivity index (χ4n) is 9.84. The predicted octanol–water partition coefficient (Wildman–Crippen LogP) is 6.79. The quantitative estimate of drug-likeness (QED) is 0.125. The van der Waals surface area contributed by atoms with Gasteiger partial charge in [0.2, 0.25) is 11.8 Å². The largest absolute Gasteiger partial charge is 0.508 e. The summed E-state index contributed by atoms with van der Waals surface area (Å²) >= 11 is 0. The van der Waals surface area contributed by atoms with Crippen LogP contribution in [-0.4, -0.2) is 50.3 Å². The number of phenols is 2. The Morgan fingerprint density at radius 2 is 1.44 bits per heavy atom. The van der Waals surface area contributed by atoms with E-state index in [-0.39, 0.29) is 42.2 Å². The predicted molar refractivity (Wildman–Crippen MR) is 203 cm³/mol. The third kappa shape index (κ3) is 4.98. The summed E-state index contributed by atoms with van der Waals surface area (Å²) in [6.07, 6.45) is 3.03. The van der Waals surface area contributed by atoms with E-state index in [1.807, 2.05) is 91.9 Å². The molecule has 3 fully saturated rings. The van der Waals surface area contributed by atoms with Crippen LogP contribution in [0, 0.1) is 30.6 Å². The molecule has 0 spiro atoms. The van der Waals surface area contributed by atoms with Crippen LogP contribution in [-0.2, 0) is 31.0 Å². The van der Waals surface area contributed by atoms with E-state index in [2.05, 4.69) is 11.5 Å². The fraction of sp³-hybridized carbons (Fsp3) is 0.244. The number of imide groups is 2. The first-order chi connectivity index (χ1) is 26.2. The van der Waals surface area contributed by atoms with Crippen molar-refractivity contribution in [3.63, 3.8) is 0 Å². The Morgan fingerprint density at radius 3 is 2.19 bits per heavy atom. The van der Waals surface area contributed by atoms with Crippen molar-refractivity contribution in [3.05, 3.63) is 149 Å². The van der Waals surface area contributed by atoms with Crippen molar-refractivity contribution in [3.8, 4) is 11.5 Å². The number of phenolic OH excluding ortho intramolecular Hbond substituents is 2.